The van der Waals surface area contributed by atoms with Crippen molar-refractivity contribution in [1.29, 1.82) is 0 Å². The van der Waals surface area contributed by atoms with Gasteiger partial charge in [-0.1, -0.05) is 11.6 Å². The van der Waals surface area contributed by atoms with E-state index in [1.807, 2.05) is 4.90 Å². The summed E-state index contributed by atoms with van der Waals surface area (Å²) in [7, 11) is 0. The molecule has 1 atom stereocenters. The van der Waals surface area contributed by atoms with Crippen LogP contribution in [0.15, 0.2) is 48.8 Å². The van der Waals surface area contributed by atoms with Gasteiger partial charge in [0.2, 0.25) is 0 Å². The lowest BCUT2D eigenvalue weighted by Crippen LogP contribution is -2.52. The number of imide groups is 1. The quantitative estimate of drug-likeness (QED) is 0.259. The molecule has 0 radical (unpaired) electrons. The van der Waals surface area contributed by atoms with Gasteiger partial charge < -0.3 is 33.9 Å². The van der Waals surface area contributed by atoms with Crippen molar-refractivity contribution in [3.63, 3.8) is 0 Å². The first kappa shape index (κ1) is 38.0. The van der Waals surface area contributed by atoms with E-state index in [1.54, 1.807) is 53.7 Å². The van der Waals surface area contributed by atoms with Crippen LogP contribution in [0.25, 0.3) is 11.1 Å². The van der Waals surface area contributed by atoms with E-state index in [4.69, 9.17) is 25.8 Å². The molecule has 270 valence electrons. The average molecular weight is 721 g/mol. The summed E-state index contributed by atoms with van der Waals surface area (Å²) in [6, 6.07) is 7.92. The molecule has 0 bridgehead atoms. The number of aromatic nitrogens is 2. The Balaban J connectivity index is 1.79. The van der Waals surface area contributed by atoms with Crippen molar-refractivity contribution in [3.05, 3.63) is 64.9 Å². The number of pyridine rings is 2. The minimum Gasteiger partial charge on any atom is -0.530 e. The topological polar surface area (TPSA) is 137 Å². The van der Waals surface area contributed by atoms with Gasteiger partial charge in [-0.3, -0.25) is 0 Å². The Hall–Kier alpha value is -4.79. The fraction of sp³-hybridized carbons (Fsp3) is 0.441. The SMILES string of the molecule is CC(Oc1cc(-c2ccc(N3CCN(C(=O)[O-])CC3)nc2)cnc1N(C(=O)OC(C)(C)C)C(=O)OC(C)(C)C)c1cc(Cl)ccc1C(F)(F)F. The summed E-state index contributed by atoms with van der Waals surface area (Å²) in [5.74, 6) is -0.0551. The molecule has 1 aromatic carbocycles. The number of benzene rings is 1. The zero-order valence-electron chi connectivity index (χ0n) is 28.6. The molecule has 1 unspecified atom stereocenters. The third kappa shape index (κ3) is 9.67. The molecule has 0 spiro atoms. The number of amides is 3. The van der Waals surface area contributed by atoms with E-state index in [0.717, 1.165) is 18.2 Å². The normalized spacial score (nSPS) is 14.5. The molecule has 0 saturated carbocycles. The number of ether oxygens (including phenoxy) is 3. The van der Waals surface area contributed by atoms with Crippen LogP contribution < -0.4 is 19.6 Å². The predicted molar refractivity (Wildman–Crippen MR) is 177 cm³/mol. The number of hydrogen-bond donors (Lipinski definition) is 0. The second-order valence-electron chi connectivity index (χ2n) is 13.5. The van der Waals surface area contributed by atoms with Gasteiger partial charge >= 0.3 is 18.4 Å². The first-order chi connectivity index (χ1) is 23.1. The predicted octanol–water partition coefficient (Wildman–Crippen LogP) is 7.10. The molecule has 1 saturated heterocycles. The number of hydrogen-bond acceptors (Lipinski definition) is 10. The van der Waals surface area contributed by atoms with Gasteiger partial charge in [0, 0.05) is 60.3 Å². The first-order valence-corrected chi connectivity index (χ1v) is 16.0. The number of anilines is 2. The number of carbonyl (C=O) groups is 3. The van der Waals surface area contributed by atoms with Gasteiger partial charge in [-0.05, 0) is 84.9 Å². The first-order valence-electron chi connectivity index (χ1n) is 15.6. The molecule has 1 aliphatic rings. The average Bonchev–Trinajstić information content (AvgIpc) is 2.99. The second kappa shape index (κ2) is 14.6. The van der Waals surface area contributed by atoms with Crippen LogP contribution in [0.2, 0.25) is 5.02 Å². The van der Waals surface area contributed by atoms with Crippen LogP contribution in [-0.2, 0) is 15.7 Å². The fourth-order valence-electron chi connectivity index (χ4n) is 4.96. The Morgan fingerprint density at radius 2 is 1.44 bits per heavy atom. The van der Waals surface area contributed by atoms with Gasteiger partial charge in [-0.15, -0.1) is 0 Å². The van der Waals surface area contributed by atoms with E-state index in [9.17, 15) is 32.7 Å². The van der Waals surface area contributed by atoms with E-state index in [0.29, 0.717) is 34.9 Å². The highest BCUT2D eigenvalue weighted by molar-refractivity contribution is 6.30. The maximum atomic E-state index is 14.0. The Morgan fingerprint density at radius 1 is 0.860 bits per heavy atom. The van der Waals surface area contributed by atoms with E-state index in [1.165, 1.54) is 30.3 Å². The van der Waals surface area contributed by atoms with E-state index < -0.39 is 53.1 Å². The van der Waals surface area contributed by atoms with E-state index in [2.05, 4.69) is 9.97 Å². The van der Waals surface area contributed by atoms with Crippen molar-refractivity contribution in [2.45, 2.75) is 71.9 Å². The third-order valence-corrected chi connectivity index (χ3v) is 7.44. The molecular formula is C34H38ClF3N5O7-. The minimum absolute atomic E-state index is 0.0342. The lowest BCUT2D eigenvalue weighted by molar-refractivity contribution is -0.265. The number of alkyl halides is 3. The fourth-order valence-corrected chi connectivity index (χ4v) is 5.14. The number of nitrogens with zero attached hydrogens (tertiary/aromatic N) is 5. The van der Waals surface area contributed by atoms with Crippen LogP contribution >= 0.6 is 11.6 Å². The molecule has 50 heavy (non-hydrogen) atoms. The summed E-state index contributed by atoms with van der Waals surface area (Å²) in [6.07, 6.45) is -6.75. The molecule has 3 heterocycles. The maximum Gasteiger partial charge on any atom is 0.425 e. The molecule has 0 N–H and O–H groups in total. The molecule has 1 aliphatic heterocycles. The van der Waals surface area contributed by atoms with Crippen molar-refractivity contribution in [1.82, 2.24) is 14.9 Å². The van der Waals surface area contributed by atoms with Crippen LogP contribution in [0.3, 0.4) is 0 Å². The summed E-state index contributed by atoms with van der Waals surface area (Å²) < 4.78 is 59.2. The lowest BCUT2D eigenvalue weighted by atomic mass is 10.0. The van der Waals surface area contributed by atoms with Crippen LogP contribution in [0.4, 0.5) is 39.2 Å². The van der Waals surface area contributed by atoms with Crippen molar-refractivity contribution in [3.8, 4) is 16.9 Å². The highest BCUT2D eigenvalue weighted by Crippen LogP contribution is 2.40. The van der Waals surface area contributed by atoms with Crippen molar-refractivity contribution in [2.75, 3.05) is 36.0 Å². The Bertz CT molecular complexity index is 1690. The summed E-state index contributed by atoms with van der Waals surface area (Å²) in [5, 5.41) is 11.2. The Morgan fingerprint density at radius 3 is 1.94 bits per heavy atom. The number of carbonyl (C=O) groups excluding carboxylic acids is 3. The maximum absolute atomic E-state index is 14.0. The van der Waals surface area contributed by atoms with Gasteiger partial charge in [0.25, 0.3) is 0 Å². The van der Waals surface area contributed by atoms with Crippen molar-refractivity contribution >= 4 is 41.5 Å². The molecule has 12 nitrogen and oxygen atoms in total. The van der Waals surface area contributed by atoms with Crippen LogP contribution in [0, 0.1) is 0 Å². The van der Waals surface area contributed by atoms with Gasteiger partial charge in [0.05, 0.1) is 5.56 Å². The number of carboxylic acid groups (broad SMARTS) is 1. The molecular weight excluding hydrogens is 683 g/mol. The number of piperazine rings is 1. The largest absolute Gasteiger partial charge is 0.530 e. The summed E-state index contributed by atoms with van der Waals surface area (Å²) in [4.78, 5) is 50.7. The summed E-state index contributed by atoms with van der Waals surface area (Å²) >= 11 is 6.09. The summed E-state index contributed by atoms with van der Waals surface area (Å²) in [6.45, 7) is 12.2. The molecule has 3 aromatic rings. The van der Waals surface area contributed by atoms with Crippen LogP contribution in [0.5, 0.6) is 5.75 Å². The highest BCUT2D eigenvalue weighted by atomic mass is 35.5. The zero-order chi connectivity index (χ0) is 37.2. The van der Waals surface area contributed by atoms with Gasteiger partial charge in [0.1, 0.15) is 29.2 Å². The smallest absolute Gasteiger partial charge is 0.425 e. The zero-order valence-corrected chi connectivity index (χ0v) is 29.4. The highest BCUT2D eigenvalue weighted by Gasteiger charge is 2.38. The van der Waals surface area contributed by atoms with Crippen LogP contribution in [-0.4, -0.2) is 70.5 Å². The lowest BCUT2D eigenvalue weighted by Gasteiger charge is -2.36. The van der Waals surface area contributed by atoms with Gasteiger partial charge in [0.15, 0.2) is 11.6 Å². The minimum atomic E-state index is -4.75. The molecule has 4 rings (SSSR count). The van der Waals surface area contributed by atoms with Crippen molar-refractivity contribution in [2.24, 2.45) is 0 Å². The molecule has 3 amide bonds. The molecule has 0 aliphatic carbocycles. The number of rotatable bonds is 6. The van der Waals surface area contributed by atoms with Crippen molar-refractivity contribution < 1.29 is 46.9 Å². The standard InChI is InChI=1S/C34H39ClF3N5O7/c1-20(24-17-23(35)9-10-25(24)34(36,37)38)48-26-16-22(21-8-11-27(39-18-21)41-12-14-42(15-13-41)29(44)45)19-40-28(26)43(30(46)49-32(2,3)4)31(47)50-33(5,6)7/h8-11,16-20H,12-15H2,1-7H3,(H,44,45)/p-1. The van der Waals surface area contributed by atoms with Gasteiger partial charge in [-0.25, -0.2) is 19.6 Å². The summed E-state index contributed by atoms with van der Waals surface area (Å²) in [5.41, 5.74) is -2.51. The van der Waals surface area contributed by atoms with E-state index >= 15 is 0 Å². The molecule has 1 fully saturated rings. The van der Waals surface area contributed by atoms with E-state index in [-0.39, 0.29) is 29.4 Å². The Labute approximate surface area is 292 Å². The van der Waals surface area contributed by atoms with Crippen LogP contribution in [0.1, 0.15) is 65.7 Å². The van der Waals surface area contributed by atoms with Gasteiger partial charge in [-0.2, -0.15) is 18.1 Å². The molecule has 16 heteroatoms. The third-order valence-electron chi connectivity index (χ3n) is 7.20. The number of halogens is 4. The monoisotopic (exact) mass is 720 g/mol. The second-order valence-corrected chi connectivity index (χ2v) is 13.9. The molecule has 2 aromatic heterocycles. The Kier molecular flexibility index (Phi) is 11.1.